The highest BCUT2D eigenvalue weighted by atomic mass is 32.2. The van der Waals surface area contributed by atoms with Gasteiger partial charge in [0.15, 0.2) is 11.0 Å². The molecule has 0 saturated heterocycles. The van der Waals surface area contributed by atoms with Gasteiger partial charge >= 0.3 is 0 Å². The number of carbonyl (C=O) groups is 2. The Morgan fingerprint density at radius 2 is 1.88 bits per heavy atom. The standard InChI is InChI=1S/C24H29N5O2S/c1-4-29-22(18(3)26-23(31)20-12-8-9-17(2)15-20)27-28-24(29)32-16-21(30)25-14-13-19-10-6-5-7-11-19/h5-12,15,18H,4,13-14,16H2,1-3H3,(H,25,30)(H,26,31). The molecule has 2 amide bonds. The average molecular weight is 452 g/mol. The minimum absolute atomic E-state index is 0.0427. The summed E-state index contributed by atoms with van der Waals surface area (Å²) < 4.78 is 1.93. The summed E-state index contributed by atoms with van der Waals surface area (Å²) in [6.07, 6.45) is 0.796. The van der Waals surface area contributed by atoms with Crippen LogP contribution >= 0.6 is 11.8 Å². The first-order valence-corrected chi connectivity index (χ1v) is 11.7. The van der Waals surface area contributed by atoms with Crippen molar-refractivity contribution in [2.45, 2.75) is 44.9 Å². The van der Waals surface area contributed by atoms with E-state index in [0.29, 0.717) is 29.6 Å². The smallest absolute Gasteiger partial charge is 0.251 e. The molecule has 0 bridgehead atoms. The number of benzene rings is 2. The Morgan fingerprint density at radius 1 is 1.09 bits per heavy atom. The van der Waals surface area contributed by atoms with Crippen LogP contribution in [0.3, 0.4) is 0 Å². The average Bonchev–Trinajstić information content (AvgIpc) is 3.21. The molecule has 168 valence electrons. The molecule has 8 heteroatoms. The second-order valence-electron chi connectivity index (χ2n) is 7.52. The molecule has 1 atom stereocenters. The van der Waals surface area contributed by atoms with Crippen LogP contribution in [-0.4, -0.2) is 38.9 Å². The van der Waals surface area contributed by atoms with Crippen molar-refractivity contribution in [3.63, 3.8) is 0 Å². The molecule has 7 nitrogen and oxygen atoms in total. The van der Waals surface area contributed by atoms with Gasteiger partial charge in [-0.3, -0.25) is 9.59 Å². The monoisotopic (exact) mass is 451 g/mol. The highest BCUT2D eigenvalue weighted by molar-refractivity contribution is 7.99. The molecule has 0 aliphatic heterocycles. The van der Waals surface area contributed by atoms with Crippen molar-refractivity contribution in [3.05, 3.63) is 77.1 Å². The van der Waals surface area contributed by atoms with Gasteiger partial charge in [-0.15, -0.1) is 10.2 Å². The zero-order valence-electron chi connectivity index (χ0n) is 18.7. The molecule has 0 spiro atoms. The van der Waals surface area contributed by atoms with Crippen molar-refractivity contribution in [2.24, 2.45) is 0 Å². The summed E-state index contributed by atoms with van der Waals surface area (Å²) >= 11 is 1.35. The normalized spacial score (nSPS) is 11.7. The quantitative estimate of drug-likeness (QED) is 0.460. The SMILES string of the molecule is CCn1c(SCC(=O)NCCc2ccccc2)nnc1C(C)NC(=O)c1cccc(C)c1. The Bertz CT molecular complexity index is 1050. The van der Waals surface area contributed by atoms with E-state index in [1.54, 1.807) is 6.07 Å². The number of carbonyl (C=O) groups excluding carboxylic acids is 2. The second kappa shape index (κ2) is 11.5. The van der Waals surface area contributed by atoms with Gasteiger partial charge in [0.05, 0.1) is 11.8 Å². The molecule has 32 heavy (non-hydrogen) atoms. The zero-order valence-corrected chi connectivity index (χ0v) is 19.5. The van der Waals surface area contributed by atoms with Crippen molar-refractivity contribution in [2.75, 3.05) is 12.3 Å². The molecule has 1 unspecified atom stereocenters. The van der Waals surface area contributed by atoms with Crippen LogP contribution in [0, 0.1) is 6.92 Å². The fourth-order valence-electron chi connectivity index (χ4n) is 3.33. The minimum Gasteiger partial charge on any atom is -0.355 e. The molecule has 0 fully saturated rings. The van der Waals surface area contributed by atoms with Crippen LogP contribution in [0.5, 0.6) is 0 Å². The highest BCUT2D eigenvalue weighted by Gasteiger charge is 2.20. The van der Waals surface area contributed by atoms with E-state index in [9.17, 15) is 9.59 Å². The fourth-order valence-corrected chi connectivity index (χ4v) is 4.17. The predicted molar refractivity (Wildman–Crippen MR) is 127 cm³/mol. The van der Waals surface area contributed by atoms with Crippen LogP contribution in [0.2, 0.25) is 0 Å². The lowest BCUT2D eigenvalue weighted by Crippen LogP contribution is -2.29. The molecular formula is C24H29N5O2S. The summed E-state index contributed by atoms with van der Waals surface area (Å²) in [6.45, 7) is 7.07. The lowest BCUT2D eigenvalue weighted by atomic mass is 10.1. The number of thioether (sulfide) groups is 1. The van der Waals surface area contributed by atoms with E-state index in [0.717, 1.165) is 12.0 Å². The van der Waals surface area contributed by atoms with Crippen molar-refractivity contribution < 1.29 is 9.59 Å². The van der Waals surface area contributed by atoms with Gasteiger partial charge in [-0.05, 0) is 44.9 Å². The van der Waals surface area contributed by atoms with Crippen LogP contribution in [-0.2, 0) is 17.8 Å². The molecule has 0 aliphatic rings. The zero-order chi connectivity index (χ0) is 22.9. The van der Waals surface area contributed by atoms with Crippen molar-refractivity contribution in [1.29, 1.82) is 0 Å². The number of rotatable bonds is 10. The van der Waals surface area contributed by atoms with Gasteiger partial charge in [0.2, 0.25) is 5.91 Å². The van der Waals surface area contributed by atoms with E-state index in [-0.39, 0.29) is 23.6 Å². The van der Waals surface area contributed by atoms with Gasteiger partial charge in [-0.25, -0.2) is 0 Å². The molecule has 2 aromatic carbocycles. The molecule has 0 aliphatic carbocycles. The summed E-state index contributed by atoms with van der Waals surface area (Å²) in [5, 5.41) is 15.1. The third kappa shape index (κ3) is 6.43. The van der Waals surface area contributed by atoms with Gasteiger partial charge in [-0.2, -0.15) is 0 Å². The first kappa shape index (κ1) is 23.5. The molecule has 3 rings (SSSR count). The molecule has 3 aromatic rings. The van der Waals surface area contributed by atoms with Crippen LogP contribution in [0.1, 0.15) is 47.2 Å². The summed E-state index contributed by atoms with van der Waals surface area (Å²) in [6, 6.07) is 17.2. The Kier molecular flexibility index (Phi) is 8.44. The van der Waals surface area contributed by atoms with Crippen molar-refractivity contribution in [3.8, 4) is 0 Å². The molecule has 1 heterocycles. The number of hydrogen-bond acceptors (Lipinski definition) is 5. The Morgan fingerprint density at radius 3 is 2.59 bits per heavy atom. The summed E-state index contributed by atoms with van der Waals surface area (Å²) in [4.78, 5) is 24.8. The lowest BCUT2D eigenvalue weighted by molar-refractivity contribution is -0.118. The minimum atomic E-state index is -0.315. The van der Waals surface area contributed by atoms with Crippen LogP contribution in [0.4, 0.5) is 0 Å². The van der Waals surface area contributed by atoms with Crippen LogP contribution < -0.4 is 10.6 Å². The topological polar surface area (TPSA) is 88.9 Å². The largest absolute Gasteiger partial charge is 0.355 e. The summed E-state index contributed by atoms with van der Waals surface area (Å²) in [7, 11) is 0. The van der Waals surface area contributed by atoms with E-state index < -0.39 is 0 Å². The van der Waals surface area contributed by atoms with Crippen LogP contribution in [0.15, 0.2) is 59.8 Å². The fraction of sp³-hybridized carbons (Fsp3) is 0.333. The predicted octanol–water partition coefficient (Wildman–Crippen LogP) is 3.55. The second-order valence-corrected chi connectivity index (χ2v) is 8.47. The maximum absolute atomic E-state index is 12.6. The van der Waals surface area contributed by atoms with Crippen molar-refractivity contribution in [1.82, 2.24) is 25.4 Å². The van der Waals surface area contributed by atoms with E-state index in [1.807, 2.05) is 73.9 Å². The van der Waals surface area contributed by atoms with E-state index in [1.165, 1.54) is 17.3 Å². The van der Waals surface area contributed by atoms with E-state index in [2.05, 4.69) is 20.8 Å². The van der Waals surface area contributed by atoms with Gasteiger partial charge in [0, 0.05) is 18.7 Å². The maximum atomic E-state index is 12.6. The number of hydrogen-bond donors (Lipinski definition) is 2. The third-order valence-electron chi connectivity index (χ3n) is 4.99. The Labute approximate surface area is 193 Å². The molecule has 0 saturated carbocycles. The molecular weight excluding hydrogens is 422 g/mol. The van der Waals surface area contributed by atoms with Crippen LogP contribution in [0.25, 0.3) is 0 Å². The molecule has 1 aromatic heterocycles. The van der Waals surface area contributed by atoms with Gasteiger partial charge in [0.25, 0.3) is 5.91 Å². The first-order chi connectivity index (χ1) is 15.5. The number of nitrogens with zero attached hydrogens (tertiary/aromatic N) is 3. The number of amides is 2. The Hall–Kier alpha value is -3.13. The number of aromatic nitrogens is 3. The summed E-state index contributed by atoms with van der Waals surface area (Å²) in [5.74, 6) is 0.731. The third-order valence-corrected chi connectivity index (χ3v) is 5.95. The molecule has 2 N–H and O–H groups in total. The maximum Gasteiger partial charge on any atom is 0.251 e. The lowest BCUT2D eigenvalue weighted by Gasteiger charge is -2.15. The van der Waals surface area contributed by atoms with Crippen molar-refractivity contribution >= 4 is 23.6 Å². The highest BCUT2D eigenvalue weighted by Crippen LogP contribution is 2.21. The van der Waals surface area contributed by atoms with Gasteiger partial charge in [0.1, 0.15) is 0 Å². The number of nitrogens with one attached hydrogen (secondary N) is 2. The van der Waals surface area contributed by atoms with E-state index >= 15 is 0 Å². The Balaban J connectivity index is 1.53. The molecule has 0 radical (unpaired) electrons. The first-order valence-electron chi connectivity index (χ1n) is 10.7. The summed E-state index contributed by atoms with van der Waals surface area (Å²) in [5.41, 5.74) is 2.83. The number of aryl methyl sites for hydroxylation is 1. The van der Waals surface area contributed by atoms with Gasteiger partial charge < -0.3 is 15.2 Å². The van der Waals surface area contributed by atoms with Gasteiger partial charge in [-0.1, -0.05) is 59.8 Å². The van der Waals surface area contributed by atoms with E-state index in [4.69, 9.17) is 0 Å².